The molecule has 2 fully saturated rings. The maximum Gasteiger partial charge on any atom is 0.251 e. The predicted octanol–water partition coefficient (Wildman–Crippen LogP) is 3.82. The zero-order valence-electron chi connectivity index (χ0n) is 16.0. The van der Waals surface area contributed by atoms with E-state index in [4.69, 9.17) is 16.3 Å². The minimum Gasteiger partial charge on any atom is -0.376 e. The molecule has 2 aromatic carbocycles. The Morgan fingerprint density at radius 1 is 1.21 bits per heavy atom. The van der Waals surface area contributed by atoms with Crippen LogP contribution < -0.4 is 10.2 Å². The number of benzene rings is 2. The van der Waals surface area contributed by atoms with Crippen LogP contribution in [0.2, 0.25) is 5.02 Å². The molecule has 5 nitrogen and oxygen atoms in total. The topological polar surface area (TPSA) is 58.6 Å². The molecular weight excluding hydrogens is 388 g/mol. The number of nitrogens with zero attached hydrogens (tertiary/aromatic N) is 1. The summed E-state index contributed by atoms with van der Waals surface area (Å²) in [7, 11) is 0. The Morgan fingerprint density at radius 3 is 2.62 bits per heavy atom. The number of halogens is 1. The Labute approximate surface area is 175 Å². The molecule has 29 heavy (non-hydrogen) atoms. The van der Waals surface area contributed by atoms with Crippen LogP contribution in [0.25, 0.3) is 6.08 Å². The fourth-order valence-electron chi connectivity index (χ4n) is 3.84. The fourth-order valence-corrected chi connectivity index (χ4v) is 3.96. The lowest BCUT2D eigenvalue weighted by molar-refractivity contribution is -0.137. The minimum atomic E-state index is -1.07. The van der Waals surface area contributed by atoms with Crippen molar-refractivity contribution in [2.75, 3.05) is 18.1 Å². The fraction of sp³-hybridized carbons (Fsp3) is 0.304. The summed E-state index contributed by atoms with van der Waals surface area (Å²) in [5, 5.41) is 3.58. The molecule has 2 unspecified atom stereocenters. The highest BCUT2D eigenvalue weighted by Gasteiger charge is 2.55. The summed E-state index contributed by atoms with van der Waals surface area (Å²) in [6.07, 6.45) is 5.82. The summed E-state index contributed by atoms with van der Waals surface area (Å²) < 4.78 is 5.61. The molecule has 150 valence electrons. The van der Waals surface area contributed by atoms with Crippen LogP contribution in [0.1, 0.15) is 24.8 Å². The van der Waals surface area contributed by atoms with Crippen molar-refractivity contribution in [3.8, 4) is 0 Å². The number of carbonyl (C=O) groups is 2. The van der Waals surface area contributed by atoms with Gasteiger partial charge in [0.05, 0.1) is 12.5 Å². The molecule has 0 aliphatic carbocycles. The number of rotatable bonds is 6. The Kier molecular flexibility index (Phi) is 5.69. The maximum atomic E-state index is 13.3. The number of hydrogen-bond acceptors (Lipinski definition) is 3. The van der Waals surface area contributed by atoms with Gasteiger partial charge >= 0.3 is 0 Å². The highest BCUT2D eigenvalue weighted by Crippen LogP contribution is 2.39. The lowest BCUT2D eigenvalue weighted by atomic mass is 9.81. The van der Waals surface area contributed by atoms with Crippen molar-refractivity contribution in [3.05, 3.63) is 71.3 Å². The number of β-lactam (4-membered cyclic amide) rings is 1. The maximum absolute atomic E-state index is 13.3. The Hall–Kier alpha value is -2.63. The first kappa shape index (κ1) is 19.7. The minimum absolute atomic E-state index is 0.0360. The van der Waals surface area contributed by atoms with Crippen LogP contribution in [-0.4, -0.2) is 36.6 Å². The molecular formula is C23H23ClN2O3. The van der Waals surface area contributed by atoms with Crippen LogP contribution >= 0.6 is 11.6 Å². The molecule has 0 spiro atoms. The van der Waals surface area contributed by atoms with Crippen molar-refractivity contribution in [1.82, 2.24) is 5.32 Å². The van der Waals surface area contributed by atoms with E-state index in [1.165, 1.54) is 0 Å². The third-order valence-corrected chi connectivity index (χ3v) is 5.66. The number of amides is 2. The monoisotopic (exact) mass is 410 g/mol. The molecule has 2 heterocycles. The highest BCUT2D eigenvalue weighted by atomic mass is 35.5. The molecule has 4 rings (SSSR count). The van der Waals surface area contributed by atoms with Crippen molar-refractivity contribution < 1.29 is 14.3 Å². The zero-order valence-corrected chi connectivity index (χ0v) is 16.8. The molecule has 2 aromatic rings. The average molecular weight is 411 g/mol. The molecule has 0 bridgehead atoms. The lowest BCUT2D eigenvalue weighted by Crippen LogP contribution is -2.70. The predicted molar refractivity (Wildman–Crippen MR) is 114 cm³/mol. The van der Waals surface area contributed by atoms with Crippen molar-refractivity contribution in [2.24, 2.45) is 0 Å². The standard InChI is InChI=1S/C23H23ClN2O3/c24-18-8-10-19(11-9-18)26-21(27)15-23(26,13-12-17-5-2-1-3-6-17)22(28)25-16-20-7-4-14-29-20/h1-3,5-6,8-13,20H,4,7,14-16H2,(H,25,28)/b13-12+. The third-order valence-electron chi connectivity index (χ3n) is 5.41. The molecule has 0 aromatic heterocycles. The van der Waals surface area contributed by atoms with Gasteiger partial charge in [0.2, 0.25) is 5.91 Å². The SMILES string of the molecule is O=C1CC(/C=C/c2ccccc2)(C(=O)NCC2CCCO2)N1c1ccc(Cl)cc1. The molecule has 0 radical (unpaired) electrons. The van der Waals surface area contributed by atoms with Crippen molar-refractivity contribution in [1.29, 1.82) is 0 Å². The molecule has 2 aliphatic heterocycles. The second-order valence-electron chi connectivity index (χ2n) is 7.40. The Bertz CT molecular complexity index is 907. The van der Waals surface area contributed by atoms with E-state index < -0.39 is 5.54 Å². The largest absolute Gasteiger partial charge is 0.376 e. The van der Waals surface area contributed by atoms with Gasteiger partial charge in [-0.3, -0.25) is 14.5 Å². The summed E-state index contributed by atoms with van der Waals surface area (Å²) >= 11 is 6.00. The molecule has 2 saturated heterocycles. The van der Waals surface area contributed by atoms with E-state index in [0.29, 0.717) is 17.3 Å². The van der Waals surface area contributed by atoms with Crippen LogP contribution in [0, 0.1) is 0 Å². The molecule has 2 aliphatic rings. The van der Waals surface area contributed by atoms with Gasteiger partial charge in [-0.05, 0) is 48.7 Å². The van der Waals surface area contributed by atoms with Gasteiger partial charge in [-0.15, -0.1) is 0 Å². The van der Waals surface area contributed by atoms with E-state index in [9.17, 15) is 9.59 Å². The molecule has 1 N–H and O–H groups in total. The lowest BCUT2D eigenvalue weighted by Gasteiger charge is -2.48. The highest BCUT2D eigenvalue weighted by molar-refractivity contribution is 6.30. The first-order valence-corrected chi connectivity index (χ1v) is 10.2. The second kappa shape index (κ2) is 8.39. The average Bonchev–Trinajstić information content (AvgIpc) is 3.25. The van der Waals surface area contributed by atoms with Gasteiger partial charge in [-0.2, -0.15) is 0 Å². The summed E-state index contributed by atoms with van der Waals surface area (Å²) in [4.78, 5) is 27.4. The summed E-state index contributed by atoms with van der Waals surface area (Å²) in [5.41, 5.74) is 0.546. The first-order chi connectivity index (χ1) is 14.1. The number of anilines is 1. The number of ether oxygens (including phenoxy) is 1. The smallest absolute Gasteiger partial charge is 0.251 e. The number of carbonyl (C=O) groups excluding carboxylic acids is 2. The van der Waals surface area contributed by atoms with Gasteiger partial charge in [0.25, 0.3) is 5.91 Å². The van der Waals surface area contributed by atoms with E-state index in [0.717, 1.165) is 25.0 Å². The van der Waals surface area contributed by atoms with E-state index in [1.54, 1.807) is 29.2 Å². The quantitative estimate of drug-likeness (QED) is 0.736. The van der Waals surface area contributed by atoms with E-state index in [1.807, 2.05) is 42.5 Å². The summed E-state index contributed by atoms with van der Waals surface area (Å²) in [5.74, 6) is -0.299. The van der Waals surface area contributed by atoms with E-state index in [-0.39, 0.29) is 24.3 Å². The van der Waals surface area contributed by atoms with Gasteiger partial charge in [-0.25, -0.2) is 0 Å². The zero-order chi connectivity index (χ0) is 20.3. The molecule has 2 atom stereocenters. The molecule has 6 heteroatoms. The van der Waals surface area contributed by atoms with Gasteiger partial charge in [-0.1, -0.05) is 48.0 Å². The van der Waals surface area contributed by atoms with E-state index >= 15 is 0 Å². The van der Waals surface area contributed by atoms with Crippen molar-refractivity contribution in [2.45, 2.75) is 30.9 Å². The van der Waals surface area contributed by atoms with Gasteiger partial charge in [0.1, 0.15) is 0 Å². The Morgan fingerprint density at radius 2 is 1.97 bits per heavy atom. The van der Waals surface area contributed by atoms with Crippen LogP contribution in [0.3, 0.4) is 0 Å². The number of hydrogen-bond donors (Lipinski definition) is 1. The first-order valence-electron chi connectivity index (χ1n) is 9.81. The normalized spacial score (nSPS) is 24.0. The Balaban J connectivity index is 1.62. The van der Waals surface area contributed by atoms with Crippen LogP contribution in [-0.2, 0) is 14.3 Å². The van der Waals surface area contributed by atoms with Gasteiger partial charge in [0, 0.05) is 23.9 Å². The summed E-state index contributed by atoms with van der Waals surface area (Å²) in [6.45, 7) is 1.18. The van der Waals surface area contributed by atoms with Crippen molar-refractivity contribution in [3.63, 3.8) is 0 Å². The summed E-state index contributed by atoms with van der Waals surface area (Å²) in [6, 6.07) is 16.7. The van der Waals surface area contributed by atoms with Crippen LogP contribution in [0.15, 0.2) is 60.7 Å². The second-order valence-corrected chi connectivity index (χ2v) is 7.83. The van der Waals surface area contributed by atoms with Crippen LogP contribution in [0.4, 0.5) is 5.69 Å². The van der Waals surface area contributed by atoms with Crippen molar-refractivity contribution >= 4 is 35.2 Å². The molecule has 2 amide bonds. The van der Waals surface area contributed by atoms with Crippen LogP contribution in [0.5, 0.6) is 0 Å². The van der Waals surface area contributed by atoms with E-state index in [2.05, 4.69) is 5.32 Å². The third kappa shape index (κ3) is 4.07. The molecule has 0 saturated carbocycles. The van der Waals surface area contributed by atoms with Gasteiger partial charge < -0.3 is 10.1 Å². The van der Waals surface area contributed by atoms with Gasteiger partial charge in [0.15, 0.2) is 5.54 Å². The number of nitrogens with one attached hydrogen (secondary N) is 1.